The molecule has 8 nitrogen and oxygen atoms in total. The van der Waals surface area contributed by atoms with Gasteiger partial charge in [-0.2, -0.15) is 5.10 Å². The molecular weight excluding hydrogens is 386 g/mol. The fraction of sp³-hybridized carbons (Fsp3) is 0.273. The highest BCUT2D eigenvalue weighted by Crippen LogP contribution is 2.36. The number of aromatic nitrogens is 3. The first-order valence-electron chi connectivity index (χ1n) is 9.60. The van der Waals surface area contributed by atoms with Crippen molar-refractivity contribution in [2.24, 2.45) is 0 Å². The molecule has 2 aromatic heterocycles. The standard InChI is InChI=1S/C22H21N3O5/c1-13(2)25-17(7-9-24-25)21-14(4-3-8-23-21)12-29-18-5-6-19-15(16(18)11-26)10-20(30-19)22(27)28/h3-9,11,13,20H,10,12H2,1-2H3,(H,27,28). The Morgan fingerprint density at radius 1 is 1.33 bits per heavy atom. The number of rotatable bonds is 7. The summed E-state index contributed by atoms with van der Waals surface area (Å²) in [6.45, 7) is 4.28. The van der Waals surface area contributed by atoms with Crippen molar-refractivity contribution in [2.75, 3.05) is 0 Å². The van der Waals surface area contributed by atoms with Crippen LogP contribution in [0.2, 0.25) is 0 Å². The van der Waals surface area contributed by atoms with Crippen LogP contribution in [-0.2, 0) is 17.8 Å². The van der Waals surface area contributed by atoms with E-state index in [-0.39, 0.29) is 19.1 Å². The van der Waals surface area contributed by atoms with E-state index in [1.54, 1.807) is 24.5 Å². The zero-order valence-corrected chi connectivity index (χ0v) is 16.6. The second kappa shape index (κ2) is 7.98. The minimum absolute atomic E-state index is 0.127. The molecule has 1 N–H and O–H groups in total. The first kappa shape index (κ1) is 19.6. The van der Waals surface area contributed by atoms with Crippen molar-refractivity contribution in [2.45, 2.75) is 39.0 Å². The van der Waals surface area contributed by atoms with Gasteiger partial charge in [-0.25, -0.2) is 4.79 Å². The van der Waals surface area contributed by atoms with E-state index in [4.69, 9.17) is 9.47 Å². The van der Waals surface area contributed by atoms with Gasteiger partial charge in [-0.1, -0.05) is 6.07 Å². The van der Waals surface area contributed by atoms with Gasteiger partial charge < -0.3 is 14.6 Å². The Labute approximate surface area is 173 Å². The highest BCUT2D eigenvalue weighted by Gasteiger charge is 2.32. The molecule has 3 aromatic rings. The van der Waals surface area contributed by atoms with Crippen molar-refractivity contribution in [3.63, 3.8) is 0 Å². The minimum Gasteiger partial charge on any atom is -0.488 e. The predicted octanol–water partition coefficient (Wildman–Crippen LogP) is 3.31. The van der Waals surface area contributed by atoms with Crippen LogP contribution in [0.5, 0.6) is 11.5 Å². The summed E-state index contributed by atoms with van der Waals surface area (Å²) in [7, 11) is 0. The molecule has 0 amide bonds. The van der Waals surface area contributed by atoms with Crippen LogP contribution in [0, 0.1) is 0 Å². The van der Waals surface area contributed by atoms with E-state index in [1.807, 2.05) is 36.7 Å². The zero-order chi connectivity index (χ0) is 21.3. The molecular formula is C22H21N3O5. The average Bonchev–Trinajstić information content (AvgIpc) is 3.39. The Bertz CT molecular complexity index is 1110. The lowest BCUT2D eigenvalue weighted by atomic mass is 10.0. The van der Waals surface area contributed by atoms with E-state index in [0.717, 1.165) is 17.0 Å². The predicted molar refractivity (Wildman–Crippen MR) is 108 cm³/mol. The number of hydrogen-bond donors (Lipinski definition) is 1. The van der Waals surface area contributed by atoms with E-state index >= 15 is 0 Å². The van der Waals surface area contributed by atoms with Gasteiger partial charge >= 0.3 is 5.97 Å². The topological polar surface area (TPSA) is 104 Å². The lowest BCUT2D eigenvalue weighted by Crippen LogP contribution is -2.24. The molecule has 0 spiro atoms. The molecule has 0 radical (unpaired) electrons. The molecule has 0 saturated carbocycles. The Hall–Kier alpha value is -3.68. The van der Waals surface area contributed by atoms with Crippen molar-refractivity contribution in [1.82, 2.24) is 14.8 Å². The summed E-state index contributed by atoms with van der Waals surface area (Å²) in [4.78, 5) is 27.5. The number of carboxylic acids is 1. The summed E-state index contributed by atoms with van der Waals surface area (Å²) in [5, 5.41) is 13.6. The third-order valence-corrected chi connectivity index (χ3v) is 5.00. The van der Waals surface area contributed by atoms with Gasteiger partial charge in [0.1, 0.15) is 18.1 Å². The van der Waals surface area contributed by atoms with Crippen molar-refractivity contribution in [3.8, 4) is 22.9 Å². The number of carboxylic acid groups (broad SMARTS) is 1. The number of aldehydes is 1. The lowest BCUT2D eigenvalue weighted by Gasteiger charge is -2.15. The van der Waals surface area contributed by atoms with Crippen molar-refractivity contribution in [1.29, 1.82) is 0 Å². The van der Waals surface area contributed by atoms with Gasteiger partial charge in [0.15, 0.2) is 12.4 Å². The monoisotopic (exact) mass is 407 g/mol. The number of hydrogen-bond acceptors (Lipinski definition) is 6. The fourth-order valence-electron chi connectivity index (χ4n) is 3.57. The smallest absolute Gasteiger partial charge is 0.345 e. The van der Waals surface area contributed by atoms with E-state index < -0.39 is 12.1 Å². The lowest BCUT2D eigenvalue weighted by molar-refractivity contribution is -0.144. The average molecular weight is 407 g/mol. The molecule has 1 unspecified atom stereocenters. The number of fused-ring (bicyclic) bond motifs is 1. The van der Waals surface area contributed by atoms with E-state index in [1.165, 1.54) is 0 Å². The summed E-state index contributed by atoms with van der Waals surface area (Å²) in [5.74, 6) is -0.280. The summed E-state index contributed by atoms with van der Waals surface area (Å²) < 4.78 is 13.3. The first-order valence-corrected chi connectivity index (χ1v) is 9.60. The first-order chi connectivity index (χ1) is 14.5. The second-order valence-corrected chi connectivity index (χ2v) is 7.28. The maximum absolute atomic E-state index is 11.7. The summed E-state index contributed by atoms with van der Waals surface area (Å²) >= 11 is 0. The Balaban J connectivity index is 1.62. The number of ether oxygens (including phenoxy) is 2. The third-order valence-electron chi connectivity index (χ3n) is 5.00. The molecule has 0 saturated heterocycles. The highest BCUT2D eigenvalue weighted by molar-refractivity contribution is 5.85. The van der Waals surface area contributed by atoms with E-state index in [9.17, 15) is 14.7 Å². The molecule has 30 heavy (non-hydrogen) atoms. The van der Waals surface area contributed by atoms with Gasteiger partial charge in [-0.15, -0.1) is 0 Å². The molecule has 154 valence electrons. The van der Waals surface area contributed by atoms with Crippen molar-refractivity contribution < 1.29 is 24.2 Å². The van der Waals surface area contributed by atoms with Gasteiger partial charge in [0.05, 0.1) is 17.0 Å². The van der Waals surface area contributed by atoms with Crippen LogP contribution in [0.15, 0.2) is 42.7 Å². The van der Waals surface area contributed by atoms with Crippen LogP contribution in [0.25, 0.3) is 11.4 Å². The quantitative estimate of drug-likeness (QED) is 0.599. The molecule has 1 aliphatic rings. The van der Waals surface area contributed by atoms with Gasteiger partial charge in [-0.05, 0) is 38.1 Å². The number of nitrogens with zero attached hydrogens (tertiary/aromatic N) is 3. The Morgan fingerprint density at radius 2 is 2.17 bits per heavy atom. The Morgan fingerprint density at radius 3 is 2.90 bits per heavy atom. The number of aliphatic carboxylic acids is 1. The van der Waals surface area contributed by atoms with Crippen LogP contribution >= 0.6 is 0 Å². The van der Waals surface area contributed by atoms with Crippen molar-refractivity contribution >= 4 is 12.3 Å². The number of benzene rings is 1. The summed E-state index contributed by atoms with van der Waals surface area (Å²) in [6.07, 6.45) is 3.27. The highest BCUT2D eigenvalue weighted by atomic mass is 16.5. The Kier molecular flexibility index (Phi) is 5.22. The largest absolute Gasteiger partial charge is 0.488 e. The van der Waals surface area contributed by atoms with Crippen LogP contribution in [0.3, 0.4) is 0 Å². The van der Waals surface area contributed by atoms with Crippen LogP contribution < -0.4 is 9.47 Å². The third kappa shape index (κ3) is 3.52. The van der Waals surface area contributed by atoms with E-state index in [0.29, 0.717) is 28.9 Å². The summed E-state index contributed by atoms with van der Waals surface area (Å²) in [6, 6.07) is 9.08. The molecule has 0 fully saturated rings. The van der Waals surface area contributed by atoms with Crippen LogP contribution in [-0.4, -0.2) is 38.2 Å². The zero-order valence-electron chi connectivity index (χ0n) is 16.6. The van der Waals surface area contributed by atoms with Gasteiger partial charge in [0, 0.05) is 36.0 Å². The molecule has 0 bridgehead atoms. The molecule has 1 aliphatic heterocycles. The maximum atomic E-state index is 11.7. The SMILES string of the molecule is CC(C)n1nccc1-c1ncccc1COc1ccc2c(c1C=O)CC(C(=O)O)O2. The second-order valence-electron chi connectivity index (χ2n) is 7.28. The van der Waals surface area contributed by atoms with Crippen molar-refractivity contribution in [3.05, 3.63) is 59.4 Å². The number of carbonyl (C=O) groups is 2. The molecule has 8 heteroatoms. The molecule has 0 aliphatic carbocycles. The summed E-state index contributed by atoms with van der Waals surface area (Å²) in [5.41, 5.74) is 3.35. The van der Waals surface area contributed by atoms with E-state index in [2.05, 4.69) is 10.1 Å². The van der Waals surface area contributed by atoms with Crippen LogP contribution in [0.4, 0.5) is 0 Å². The molecule has 4 rings (SSSR count). The van der Waals surface area contributed by atoms with Crippen LogP contribution in [0.1, 0.15) is 41.4 Å². The normalized spacial score (nSPS) is 15.0. The van der Waals surface area contributed by atoms with Gasteiger partial charge in [0.25, 0.3) is 0 Å². The minimum atomic E-state index is -1.06. The number of carbonyl (C=O) groups excluding carboxylic acids is 1. The number of pyridine rings is 1. The van der Waals surface area contributed by atoms with Gasteiger partial charge in [-0.3, -0.25) is 14.5 Å². The molecule has 3 heterocycles. The fourth-order valence-corrected chi connectivity index (χ4v) is 3.57. The molecule has 1 atom stereocenters. The molecule has 1 aromatic carbocycles. The maximum Gasteiger partial charge on any atom is 0.345 e. The van der Waals surface area contributed by atoms with Gasteiger partial charge in [0.2, 0.25) is 0 Å².